The normalized spacial score (nSPS) is 12.6. The van der Waals surface area contributed by atoms with E-state index in [4.69, 9.17) is 10.8 Å². The number of nitrogens with zero attached hydrogens (tertiary/aromatic N) is 1. The van der Waals surface area contributed by atoms with E-state index in [0.29, 0.717) is 13.0 Å². The maximum atomic E-state index is 12.0. The predicted octanol–water partition coefficient (Wildman–Crippen LogP) is 0.683. The van der Waals surface area contributed by atoms with Gasteiger partial charge in [-0.1, -0.05) is 6.92 Å². The number of carbonyl (C=O) groups is 2. The first-order chi connectivity index (χ1) is 7.40. The van der Waals surface area contributed by atoms with E-state index in [2.05, 4.69) is 0 Å². The van der Waals surface area contributed by atoms with Crippen LogP contribution in [-0.4, -0.2) is 41.0 Å². The van der Waals surface area contributed by atoms with E-state index in [1.54, 1.807) is 4.90 Å². The Hall–Kier alpha value is -1.10. The summed E-state index contributed by atoms with van der Waals surface area (Å²) in [6.07, 6.45) is 0.619. The van der Waals surface area contributed by atoms with Crippen LogP contribution in [0.2, 0.25) is 0 Å². The van der Waals surface area contributed by atoms with Crippen molar-refractivity contribution in [3.05, 3.63) is 0 Å². The number of nitrogens with two attached hydrogens (primary N) is 1. The van der Waals surface area contributed by atoms with Gasteiger partial charge >= 0.3 is 5.97 Å². The molecule has 0 aliphatic carbocycles. The molecule has 1 amide bonds. The van der Waals surface area contributed by atoms with Crippen molar-refractivity contribution >= 4 is 11.9 Å². The summed E-state index contributed by atoms with van der Waals surface area (Å²) in [5, 5.41) is 8.61. The second-order valence-corrected chi connectivity index (χ2v) is 4.25. The highest BCUT2D eigenvalue weighted by Crippen LogP contribution is 2.10. The molecule has 0 aliphatic heterocycles. The summed E-state index contributed by atoms with van der Waals surface area (Å²) in [5.41, 5.74) is 5.40. The minimum Gasteiger partial charge on any atom is -0.481 e. The fourth-order valence-corrected chi connectivity index (χ4v) is 1.50. The number of rotatable bonds is 7. The topological polar surface area (TPSA) is 83.6 Å². The Morgan fingerprint density at radius 2 is 1.88 bits per heavy atom. The molecule has 0 spiro atoms. The first-order valence-electron chi connectivity index (χ1n) is 5.62. The molecule has 0 bridgehead atoms. The lowest BCUT2D eigenvalue weighted by molar-refractivity contribution is -0.140. The zero-order valence-corrected chi connectivity index (χ0v) is 10.3. The lowest BCUT2D eigenvalue weighted by Crippen LogP contribution is -2.41. The lowest BCUT2D eigenvalue weighted by atomic mass is 10.1. The van der Waals surface area contributed by atoms with Crippen molar-refractivity contribution in [3.8, 4) is 0 Å². The van der Waals surface area contributed by atoms with Crippen LogP contribution in [0.4, 0.5) is 0 Å². The summed E-state index contributed by atoms with van der Waals surface area (Å²) >= 11 is 0. The first kappa shape index (κ1) is 14.9. The molecule has 1 atom stereocenters. The van der Waals surface area contributed by atoms with Gasteiger partial charge in [0.1, 0.15) is 0 Å². The molecular weight excluding hydrogens is 208 g/mol. The second kappa shape index (κ2) is 7.22. The van der Waals surface area contributed by atoms with Crippen LogP contribution in [0.5, 0.6) is 0 Å². The van der Waals surface area contributed by atoms with Crippen LogP contribution < -0.4 is 5.73 Å². The molecule has 5 nitrogen and oxygen atoms in total. The number of hydrogen-bond donors (Lipinski definition) is 2. The Labute approximate surface area is 96.6 Å². The molecule has 0 radical (unpaired) electrons. The number of carbonyl (C=O) groups excluding carboxylic acids is 1. The smallest absolute Gasteiger partial charge is 0.305 e. The van der Waals surface area contributed by atoms with E-state index in [1.165, 1.54) is 0 Å². The van der Waals surface area contributed by atoms with Crippen molar-refractivity contribution in [1.82, 2.24) is 4.90 Å². The average Bonchev–Trinajstić information content (AvgIpc) is 2.17. The molecule has 0 heterocycles. The Balaban J connectivity index is 4.40. The third-order valence-corrected chi connectivity index (χ3v) is 2.49. The number of carboxylic acids is 1. The van der Waals surface area contributed by atoms with Gasteiger partial charge in [0.15, 0.2) is 0 Å². The molecule has 3 N–H and O–H groups in total. The monoisotopic (exact) mass is 230 g/mol. The minimum absolute atomic E-state index is 0.0123. The molecule has 1 unspecified atom stereocenters. The van der Waals surface area contributed by atoms with Crippen molar-refractivity contribution in [2.75, 3.05) is 13.1 Å². The summed E-state index contributed by atoms with van der Waals surface area (Å²) in [6, 6.07) is 0.0204. The highest BCUT2D eigenvalue weighted by molar-refractivity contribution is 5.79. The van der Waals surface area contributed by atoms with Crippen molar-refractivity contribution < 1.29 is 14.7 Å². The Morgan fingerprint density at radius 3 is 2.25 bits per heavy atom. The fourth-order valence-electron chi connectivity index (χ4n) is 1.50. The van der Waals surface area contributed by atoms with E-state index in [-0.39, 0.29) is 30.8 Å². The Kier molecular flexibility index (Phi) is 6.72. The molecule has 0 aromatic heterocycles. The van der Waals surface area contributed by atoms with Crippen LogP contribution in [0.3, 0.4) is 0 Å². The van der Waals surface area contributed by atoms with Crippen LogP contribution in [0.1, 0.15) is 33.6 Å². The standard InChI is InChI=1S/C11H22N2O3/c1-8(2)13(7-5-10(14)15)11(16)9(3)4-6-12/h8-9H,4-7,12H2,1-3H3,(H,14,15). The van der Waals surface area contributed by atoms with Gasteiger partial charge in [-0.3, -0.25) is 9.59 Å². The summed E-state index contributed by atoms with van der Waals surface area (Å²) in [6.45, 7) is 6.33. The maximum absolute atomic E-state index is 12.0. The van der Waals surface area contributed by atoms with Gasteiger partial charge in [0.2, 0.25) is 5.91 Å². The van der Waals surface area contributed by atoms with Gasteiger partial charge in [0, 0.05) is 18.5 Å². The molecule has 0 aliphatic rings. The number of carboxylic acid groups (broad SMARTS) is 1. The van der Waals surface area contributed by atoms with Crippen LogP contribution in [0, 0.1) is 5.92 Å². The molecule has 94 valence electrons. The van der Waals surface area contributed by atoms with Gasteiger partial charge in [0.25, 0.3) is 0 Å². The number of hydrogen-bond acceptors (Lipinski definition) is 3. The van der Waals surface area contributed by atoms with Gasteiger partial charge in [-0.25, -0.2) is 0 Å². The van der Waals surface area contributed by atoms with Crippen LogP contribution in [-0.2, 0) is 9.59 Å². The quantitative estimate of drug-likeness (QED) is 0.673. The van der Waals surface area contributed by atoms with Gasteiger partial charge in [0.05, 0.1) is 6.42 Å². The van der Waals surface area contributed by atoms with Crippen molar-refractivity contribution in [3.63, 3.8) is 0 Å². The van der Waals surface area contributed by atoms with Crippen LogP contribution >= 0.6 is 0 Å². The molecule has 0 rings (SSSR count). The summed E-state index contributed by atoms with van der Waals surface area (Å²) in [5.74, 6) is -1.03. The largest absolute Gasteiger partial charge is 0.481 e. The molecule has 0 fully saturated rings. The summed E-state index contributed by atoms with van der Waals surface area (Å²) in [4.78, 5) is 24.1. The minimum atomic E-state index is -0.884. The van der Waals surface area contributed by atoms with E-state index in [9.17, 15) is 9.59 Å². The Morgan fingerprint density at radius 1 is 1.31 bits per heavy atom. The molecule has 0 aromatic rings. The SMILES string of the molecule is CC(CCN)C(=O)N(CCC(=O)O)C(C)C. The Bertz CT molecular complexity index is 241. The third-order valence-electron chi connectivity index (χ3n) is 2.49. The predicted molar refractivity (Wildman–Crippen MR) is 61.9 cm³/mol. The molecule has 16 heavy (non-hydrogen) atoms. The van der Waals surface area contributed by atoms with Crippen LogP contribution in [0.25, 0.3) is 0 Å². The highest BCUT2D eigenvalue weighted by atomic mass is 16.4. The van der Waals surface area contributed by atoms with Gasteiger partial charge in [-0.05, 0) is 26.8 Å². The summed E-state index contributed by atoms with van der Waals surface area (Å²) in [7, 11) is 0. The van der Waals surface area contributed by atoms with Gasteiger partial charge in [-0.15, -0.1) is 0 Å². The lowest BCUT2D eigenvalue weighted by Gasteiger charge is -2.28. The van der Waals surface area contributed by atoms with Gasteiger partial charge in [-0.2, -0.15) is 0 Å². The maximum Gasteiger partial charge on any atom is 0.305 e. The highest BCUT2D eigenvalue weighted by Gasteiger charge is 2.22. The van der Waals surface area contributed by atoms with Gasteiger partial charge < -0.3 is 15.7 Å². The average molecular weight is 230 g/mol. The van der Waals surface area contributed by atoms with Crippen molar-refractivity contribution in [2.24, 2.45) is 11.7 Å². The molecule has 0 saturated carbocycles. The van der Waals surface area contributed by atoms with E-state index >= 15 is 0 Å². The van der Waals surface area contributed by atoms with Crippen LogP contribution in [0.15, 0.2) is 0 Å². The van der Waals surface area contributed by atoms with E-state index in [0.717, 1.165) is 0 Å². The fraction of sp³-hybridized carbons (Fsp3) is 0.818. The molecular formula is C11H22N2O3. The first-order valence-corrected chi connectivity index (χ1v) is 5.62. The van der Waals surface area contributed by atoms with Crippen molar-refractivity contribution in [2.45, 2.75) is 39.7 Å². The number of aliphatic carboxylic acids is 1. The zero-order chi connectivity index (χ0) is 12.7. The second-order valence-electron chi connectivity index (χ2n) is 4.25. The molecule has 5 heteroatoms. The molecule has 0 saturated heterocycles. The molecule has 0 aromatic carbocycles. The zero-order valence-electron chi connectivity index (χ0n) is 10.3. The summed E-state index contributed by atoms with van der Waals surface area (Å²) < 4.78 is 0. The van der Waals surface area contributed by atoms with E-state index in [1.807, 2.05) is 20.8 Å². The van der Waals surface area contributed by atoms with Crippen molar-refractivity contribution in [1.29, 1.82) is 0 Å². The third kappa shape index (κ3) is 5.11. The number of amides is 1. The van der Waals surface area contributed by atoms with E-state index < -0.39 is 5.97 Å².